The summed E-state index contributed by atoms with van der Waals surface area (Å²) in [7, 11) is 0. The van der Waals surface area contributed by atoms with E-state index in [0.29, 0.717) is 0 Å². The molecule has 0 bridgehead atoms. The van der Waals surface area contributed by atoms with Gasteiger partial charge in [0.2, 0.25) is 0 Å². The smallest absolute Gasteiger partial charge is 0.0465 e. The molecule has 0 aromatic rings. The lowest BCUT2D eigenvalue weighted by atomic mass is 10.0. The van der Waals surface area contributed by atoms with Crippen LogP contribution in [0.2, 0.25) is 0 Å². The van der Waals surface area contributed by atoms with Crippen molar-refractivity contribution in [3.63, 3.8) is 0 Å². The maximum absolute atomic E-state index is 5.36. The molecule has 1 nitrogen and oxygen atoms in total. The van der Waals surface area contributed by atoms with Crippen molar-refractivity contribution in [2.24, 2.45) is 0 Å². The Kier molecular flexibility index (Phi) is 20.9. The molecule has 0 amide bonds. The van der Waals surface area contributed by atoms with Crippen molar-refractivity contribution in [1.82, 2.24) is 0 Å². The van der Waals surface area contributed by atoms with Crippen LogP contribution in [0.3, 0.4) is 0 Å². The van der Waals surface area contributed by atoms with E-state index in [9.17, 15) is 0 Å². The van der Waals surface area contributed by atoms with Gasteiger partial charge in [-0.1, -0.05) is 110 Å². The number of unbranched alkanes of at least 4 members (excludes halogenated alkanes) is 16. The van der Waals surface area contributed by atoms with Gasteiger partial charge in [-0.05, 0) is 13.3 Å². The summed E-state index contributed by atoms with van der Waals surface area (Å²) < 4.78 is 5.36. The van der Waals surface area contributed by atoms with E-state index in [1.54, 1.807) is 0 Å². The summed E-state index contributed by atoms with van der Waals surface area (Å²) in [5.41, 5.74) is 0. The third-order valence-corrected chi connectivity index (χ3v) is 4.60. The number of hydrogen-bond acceptors (Lipinski definition) is 1. The van der Waals surface area contributed by atoms with Crippen molar-refractivity contribution in [3.8, 4) is 0 Å². The molecular weight excluding hydrogens is 268 g/mol. The van der Waals surface area contributed by atoms with E-state index in [1.807, 2.05) is 0 Å². The van der Waals surface area contributed by atoms with E-state index in [2.05, 4.69) is 13.8 Å². The van der Waals surface area contributed by atoms with Gasteiger partial charge in [-0.3, -0.25) is 0 Å². The van der Waals surface area contributed by atoms with Crippen LogP contribution in [0.5, 0.6) is 0 Å². The lowest BCUT2D eigenvalue weighted by molar-refractivity contribution is 0.143. The highest BCUT2D eigenvalue weighted by Crippen LogP contribution is 2.13. The lowest BCUT2D eigenvalue weighted by Gasteiger charge is -2.04. The summed E-state index contributed by atoms with van der Waals surface area (Å²) in [6.45, 7) is 6.21. The van der Waals surface area contributed by atoms with Crippen LogP contribution in [0, 0.1) is 0 Å². The molecule has 0 fully saturated rings. The Morgan fingerprint density at radius 2 is 0.727 bits per heavy atom. The molecular formula is C21H44O. The quantitative estimate of drug-likeness (QED) is 0.222. The van der Waals surface area contributed by atoms with Gasteiger partial charge in [0.25, 0.3) is 0 Å². The Labute approximate surface area is 141 Å². The molecule has 1 heteroatoms. The van der Waals surface area contributed by atoms with Crippen LogP contribution >= 0.6 is 0 Å². The Morgan fingerprint density at radius 3 is 1.05 bits per heavy atom. The second-order valence-electron chi connectivity index (χ2n) is 6.85. The monoisotopic (exact) mass is 312 g/mol. The minimum Gasteiger partial charge on any atom is -0.382 e. The van der Waals surface area contributed by atoms with Crippen LogP contribution in [-0.4, -0.2) is 13.2 Å². The molecule has 0 saturated heterocycles. The predicted molar refractivity (Wildman–Crippen MR) is 101 cm³/mol. The van der Waals surface area contributed by atoms with Crippen LogP contribution < -0.4 is 0 Å². The fourth-order valence-corrected chi connectivity index (χ4v) is 3.07. The van der Waals surface area contributed by atoms with Gasteiger partial charge < -0.3 is 4.74 Å². The Morgan fingerprint density at radius 1 is 0.409 bits per heavy atom. The second-order valence-corrected chi connectivity index (χ2v) is 6.85. The van der Waals surface area contributed by atoms with E-state index in [1.165, 1.54) is 109 Å². The SMILES string of the molecule is CCCCCCCCCCCCCCCCCCCOCC. The highest BCUT2D eigenvalue weighted by molar-refractivity contribution is 4.50. The summed E-state index contributed by atoms with van der Waals surface area (Å²) in [6.07, 6.45) is 24.4. The van der Waals surface area contributed by atoms with E-state index >= 15 is 0 Å². The maximum Gasteiger partial charge on any atom is 0.0465 e. The van der Waals surface area contributed by atoms with Gasteiger partial charge >= 0.3 is 0 Å². The van der Waals surface area contributed by atoms with Crippen molar-refractivity contribution in [2.45, 2.75) is 123 Å². The Hall–Kier alpha value is -0.0400. The average molecular weight is 313 g/mol. The van der Waals surface area contributed by atoms with Gasteiger partial charge in [-0.15, -0.1) is 0 Å². The number of ether oxygens (including phenoxy) is 1. The summed E-state index contributed by atoms with van der Waals surface area (Å²) in [4.78, 5) is 0. The number of rotatable bonds is 19. The van der Waals surface area contributed by atoms with Gasteiger partial charge in [0, 0.05) is 13.2 Å². The molecule has 0 aliphatic rings. The molecule has 0 N–H and O–H groups in total. The molecule has 0 atom stereocenters. The third kappa shape index (κ3) is 20.0. The zero-order valence-corrected chi connectivity index (χ0v) is 15.8. The lowest BCUT2D eigenvalue weighted by Crippen LogP contribution is -1.92. The van der Waals surface area contributed by atoms with Crippen LogP contribution in [0.15, 0.2) is 0 Å². The van der Waals surface area contributed by atoms with Crippen LogP contribution in [0.25, 0.3) is 0 Å². The zero-order chi connectivity index (χ0) is 16.1. The minimum absolute atomic E-state index is 0.874. The molecule has 0 aliphatic carbocycles. The molecule has 0 aliphatic heterocycles. The molecule has 134 valence electrons. The van der Waals surface area contributed by atoms with Crippen molar-refractivity contribution >= 4 is 0 Å². The van der Waals surface area contributed by atoms with Crippen LogP contribution in [0.1, 0.15) is 123 Å². The van der Waals surface area contributed by atoms with Gasteiger partial charge in [0.1, 0.15) is 0 Å². The van der Waals surface area contributed by atoms with E-state index < -0.39 is 0 Å². The Bertz CT molecular complexity index is 159. The molecule has 0 radical (unpaired) electrons. The molecule has 0 heterocycles. The molecule has 0 unspecified atom stereocenters. The van der Waals surface area contributed by atoms with Crippen LogP contribution in [0.4, 0.5) is 0 Å². The van der Waals surface area contributed by atoms with Gasteiger partial charge in [0.05, 0.1) is 0 Å². The van der Waals surface area contributed by atoms with Gasteiger partial charge in [-0.2, -0.15) is 0 Å². The fourth-order valence-electron chi connectivity index (χ4n) is 3.07. The normalized spacial score (nSPS) is 11.2. The highest BCUT2D eigenvalue weighted by Gasteiger charge is 1.94. The number of hydrogen-bond donors (Lipinski definition) is 0. The largest absolute Gasteiger partial charge is 0.382 e. The molecule has 0 spiro atoms. The van der Waals surface area contributed by atoms with Crippen LogP contribution in [-0.2, 0) is 4.74 Å². The average Bonchev–Trinajstić information content (AvgIpc) is 2.54. The summed E-state index contributed by atoms with van der Waals surface area (Å²) >= 11 is 0. The molecule has 0 aromatic heterocycles. The van der Waals surface area contributed by atoms with Gasteiger partial charge in [-0.25, -0.2) is 0 Å². The van der Waals surface area contributed by atoms with E-state index in [-0.39, 0.29) is 0 Å². The molecule has 0 rings (SSSR count). The minimum atomic E-state index is 0.874. The highest BCUT2D eigenvalue weighted by atomic mass is 16.5. The topological polar surface area (TPSA) is 9.23 Å². The Balaban J connectivity index is 2.91. The first-order chi connectivity index (χ1) is 10.9. The first-order valence-corrected chi connectivity index (χ1v) is 10.5. The summed E-state index contributed by atoms with van der Waals surface area (Å²) in [6, 6.07) is 0. The predicted octanol–water partition coefficient (Wildman–Crippen LogP) is 7.67. The van der Waals surface area contributed by atoms with E-state index in [0.717, 1.165) is 13.2 Å². The molecule has 0 aromatic carbocycles. The fraction of sp³-hybridized carbons (Fsp3) is 1.00. The molecule has 0 saturated carbocycles. The van der Waals surface area contributed by atoms with E-state index in [4.69, 9.17) is 4.74 Å². The summed E-state index contributed by atoms with van der Waals surface area (Å²) in [5, 5.41) is 0. The van der Waals surface area contributed by atoms with Crippen molar-refractivity contribution in [2.75, 3.05) is 13.2 Å². The molecule has 22 heavy (non-hydrogen) atoms. The van der Waals surface area contributed by atoms with Crippen molar-refractivity contribution in [3.05, 3.63) is 0 Å². The zero-order valence-electron chi connectivity index (χ0n) is 15.8. The first kappa shape index (κ1) is 22.0. The summed E-state index contributed by atoms with van der Waals surface area (Å²) in [5.74, 6) is 0. The van der Waals surface area contributed by atoms with Crippen molar-refractivity contribution < 1.29 is 4.74 Å². The third-order valence-electron chi connectivity index (χ3n) is 4.60. The first-order valence-electron chi connectivity index (χ1n) is 10.5. The maximum atomic E-state index is 5.36. The second kappa shape index (κ2) is 21.0. The standard InChI is InChI=1S/C21H44O/c1-3-5-6-7-8-9-10-11-12-13-14-15-16-17-18-19-20-21-22-4-2/h3-21H2,1-2H3. The van der Waals surface area contributed by atoms with Crippen molar-refractivity contribution in [1.29, 1.82) is 0 Å². The van der Waals surface area contributed by atoms with Gasteiger partial charge in [0.15, 0.2) is 0 Å².